The van der Waals surface area contributed by atoms with Crippen molar-refractivity contribution < 1.29 is 19.1 Å². The van der Waals surface area contributed by atoms with Gasteiger partial charge in [-0.25, -0.2) is 0 Å². The van der Waals surface area contributed by atoms with Gasteiger partial charge in [0.05, 0.1) is 11.1 Å². The minimum atomic E-state index is -0.553. The molecule has 142 valence electrons. The molecule has 0 amide bonds. The second-order valence-electron chi connectivity index (χ2n) is 6.28. The normalized spacial score (nSPS) is 12.6. The van der Waals surface area contributed by atoms with Crippen LogP contribution in [0.3, 0.4) is 0 Å². The molecule has 3 aromatic carbocycles. The number of nitrogens with zero attached hydrogens (tertiary/aromatic N) is 2. The highest BCUT2D eigenvalue weighted by molar-refractivity contribution is 6.25. The largest absolute Gasteiger partial charge is 0.448 e. The van der Waals surface area contributed by atoms with Crippen LogP contribution in [0, 0.1) is 22.7 Å². The van der Waals surface area contributed by atoms with Crippen molar-refractivity contribution in [3.63, 3.8) is 0 Å². The lowest BCUT2D eigenvalue weighted by molar-refractivity contribution is 0.0896. The quantitative estimate of drug-likeness (QED) is 0.660. The zero-order chi connectivity index (χ0) is 21.1. The monoisotopic (exact) mass is 392 g/mol. The summed E-state index contributed by atoms with van der Waals surface area (Å²) in [7, 11) is 0. The number of carbonyl (C=O) groups is 2. The van der Waals surface area contributed by atoms with Crippen molar-refractivity contribution in [1.29, 1.82) is 10.5 Å². The van der Waals surface area contributed by atoms with Crippen LogP contribution in [-0.4, -0.2) is 11.6 Å². The Kier molecular flexibility index (Phi) is 4.82. The molecular weight excluding hydrogens is 380 g/mol. The number of carbonyl (C=O) groups excluding carboxylic acids is 2. The van der Waals surface area contributed by atoms with E-state index in [9.17, 15) is 20.1 Å². The molecule has 1 aliphatic rings. The van der Waals surface area contributed by atoms with Crippen LogP contribution >= 0.6 is 0 Å². The van der Waals surface area contributed by atoms with Gasteiger partial charge in [0.2, 0.25) is 23.1 Å². The zero-order valence-electron chi connectivity index (χ0n) is 15.5. The topological polar surface area (TPSA) is 100 Å². The number of ether oxygens (including phenoxy) is 2. The molecule has 6 nitrogen and oxygen atoms in total. The van der Waals surface area contributed by atoms with Gasteiger partial charge in [0.15, 0.2) is 0 Å². The molecule has 0 N–H and O–H groups in total. The standard InChI is InChI=1S/C24H12N2O4/c25-13-15-7-1-5-11-19(15)29-23-21(27)17-9-3-4-10-18(17)22(28)24(23)30-20-12-6-2-8-16(20)14-26/h1-12H. The van der Waals surface area contributed by atoms with Crippen molar-refractivity contribution in [1.82, 2.24) is 0 Å². The summed E-state index contributed by atoms with van der Waals surface area (Å²) in [4.78, 5) is 26.3. The van der Waals surface area contributed by atoms with Crippen molar-refractivity contribution >= 4 is 11.6 Å². The fourth-order valence-corrected chi connectivity index (χ4v) is 3.03. The molecule has 0 saturated heterocycles. The van der Waals surface area contributed by atoms with E-state index in [0.717, 1.165) is 0 Å². The van der Waals surface area contributed by atoms with E-state index in [1.165, 1.54) is 36.4 Å². The molecule has 4 rings (SSSR count). The Morgan fingerprint density at radius 1 is 0.567 bits per heavy atom. The van der Waals surface area contributed by atoms with Crippen LogP contribution < -0.4 is 9.47 Å². The lowest BCUT2D eigenvalue weighted by Crippen LogP contribution is -2.28. The highest BCUT2D eigenvalue weighted by Gasteiger charge is 2.36. The van der Waals surface area contributed by atoms with Crippen LogP contribution in [0.2, 0.25) is 0 Å². The third kappa shape index (κ3) is 3.19. The van der Waals surface area contributed by atoms with Crippen LogP contribution in [0.15, 0.2) is 84.3 Å². The van der Waals surface area contributed by atoms with Crippen molar-refractivity contribution in [2.75, 3.05) is 0 Å². The maximum Gasteiger partial charge on any atom is 0.233 e. The molecule has 1 aliphatic carbocycles. The first-order valence-corrected chi connectivity index (χ1v) is 8.90. The number of rotatable bonds is 4. The SMILES string of the molecule is N#Cc1ccccc1OC1=C(Oc2ccccc2C#N)C(=O)c2ccccc2C1=O. The van der Waals surface area contributed by atoms with E-state index in [2.05, 4.69) is 0 Å². The predicted molar refractivity (Wildman–Crippen MR) is 106 cm³/mol. The Labute approximate surface area is 171 Å². The van der Waals surface area contributed by atoms with Gasteiger partial charge in [-0.3, -0.25) is 9.59 Å². The molecule has 0 spiro atoms. The van der Waals surface area contributed by atoms with Gasteiger partial charge in [0, 0.05) is 11.1 Å². The number of fused-ring (bicyclic) bond motifs is 1. The molecule has 0 fully saturated rings. The molecule has 0 aliphatic heterocycles. The molecule has 30 heavy (non-hydrogen) atoms. The zero-order valence-corrected chi connectivity index (χ0v) is 15.5. The van der Waals surface area contributed by atoms with Gasteiger partial charge in [-0.05, 0) is 24.3 Å². The Bertz CT molecular complexity index is 1210. The molecule has 0 atom stereocenters. The van der Waals surface area contributed by atoms with Crippen LogP contribution in [0.1, 0.15) is 31.8 Å². The van der Waals surface area contributed by atoms with Crippen LogP contribution in [0.4, 0.5) is 0 Å². The molecule has 0 bridgehead atoms. The minimum absolute atomic E-state index is 0.116. The molecule has 0 heterocycles. The van der Waals surface area contributed by atoms with Gasteiger partial charge < -0.3 is 9.47 Å². The van der Waals surface area contributed by atoms with Gasteiger partial charge in [0.1, 0.15) is 23.6 Å². The van der Waals surface area contributed by atoms with Gasteiger partial charge in [-0.1, -0.05) is 48.5 Å². The first-order chi connectivity index (χ1) is 14.6. The summed E-state index contributed by atoms with van der Waals surface area (Å²) < 4.78 is 11.5. The number of nitriles is 2. The highest BCUT2D eigenvalue weighted by Crippen LogP contribution is 2.32. The maximum absolute atomic E-state index is 13.2. The molecule has 0 unspecified atom stereocenters. The van der Waals surface area contributed by atoms with E-state index in [0.29, 0.717) is 0 Å². The van der Waals surface area contributed by atoms with Crippen molar-refractivity contribution in [3.8, 4) is 23.6 Å². The Hall–Kier alpha value is -4.68. The second-order valence-corrected chi connectivity index (χ2v) is 6.28. The van der Waals surface area contributed by atoms with Gasteiger partial charge in [-0.2, -0.15) is 10.5 Å². The number of benzene rings is 3. The number of hydrogen-bond acceptors (Lipinski definition) is 6. The molecule has 3 aromatic rings. The molecule has 0 radical (unpaired) electrons. The summed E-state index contributed by atoms with van der Waals surface area (Å²) in [6.07, 6.45) is 0. The van der Waals surface area contributed by atoms with E-state index in [-0.39, 0.29) is 45.3 Å². The maximum atomic E-state index is 13.2. The smallest absolute Gasteiger partial charge is 0.233 e. The van der Waals surface area contributed by atoms with Crippen molar-refractivity contribution in [3.05, 3.63) is 107 Å². The number of hydrogen-bond donors (Lipinski definition) is 0. The van der Waals surface area contributed by atoms with E-state index >= 15 is 0 Å². The fourth-order valence-electron chi connectivity index (χ4n) is 3.03. The summed E-state index contributed by atoms with van der Waals surface area (Å²) in [6.45, 7) is 0. The summed E-state index contributed by atoms with van der Waals surface area (Å²) >= 11 is 0. The van der Waals surface area contributed by atoms with Crippen molar-refractivity contribution in [2.24, 2.45) is 0 Å². The number of para-hydroxylation sites is 2. The molecular formula is C24H12N2O4. The van der Waals surface area contributed by atoms with E-state index in [1.54, 1.807) is 36.4 Å². The number of ketones is 2. The predicted octanol–water partition coefficient (Wildman–Crippen LogP) is 4.18. The van der Waals surface area contributed by atoms with Gasteiger partial charge >= 0.3 is 0 Å². The highest BCUT2D eigenvalue weighted by atomic mass is 16.5. The Morgan fingerprint density at radius 2 is 0.933 bits per heavy atom. The summed E-state index contributed by atoms with van der Waals surface area (Å²) in [5.74, 6) is -1.55. The second kappa shape index (κ2) is 7.75. The minimum Gasteiger partial charge on any atom is -0.448 e. The Morgan fingerprint density at radius 3 is 1.33 bits per heavy atom. The van der Waals surface area contributed by atoms with E-state index < -0.39 is 11.6 Å². The number of allylic oxidation sites excluding steroid dienone is 2. The fraction of sp³-hybridized carbons (Fsp3) is 0. The van der Waals surface area contributed by atoms with Gasteiger partial charge in [0.25, 0.3) is 0 Å². The average Bonchev–Trinajstić information content (AvgIpc) is 2.80. The summed E-state index contributed by atoms with van der Waals surface area (Å²) in [5, 5.41) is 18.7. The van der Waals surface area contributed by atoms with E-state index in [1.807, 2.05) is 12.1 Å². The molecule has 0 aromatic heterocycles. The number of Topliss-reactive ketones (excluding diaryl/α,β-unsaturated/α-hetero) is 2. The molecule has 6 heteroatoms. The lowest BCUT2D eigenvalue weighted by Gasteiger charge is -2.21. The third-order valence-electron chi connectivity index (χ3n) is 4.47. The first-order valence-electron chi connectivity index (χ1n) is 8.90. The average molecular weight is 392 g/mol. The summed E-state index contributed by atoms with van der Waals surface area (Å²) in [5.41, 5.74) is 0.738. The van der Waals surface area contributed by atoms with Gasteiger partial charge in [-0.15, -0.1) is 0 Å². The van der Waals surface area contributed by atoms with Crippen molar-refractivity contribution in [2.45, 2.75) is 0 Å². The summed E-state index contributed by atoms with van der Waals surface area (Å²) in [6, 6.07) is 23.0. The van der Waals surface area contributed by atoms with Crippen LogP contribution in [0.5, 0.6) is 11.5 Å². The lowest BCUT2D eigenvalue weighted by atomic mass is 9.92. The first kappa shape index (κ1) is 18.7. The van der Waals surface area contributed by atoms with E-state index in [4.69, 9.17) is 9.47 Å². The van der Waals surface area contributed by atoms with Crippen LogP contribution in [-0.2, 0) is 0 Å². The Balaban J connectivity index is 1.88. The third-order valence-corrected chi connectivity index (χ3v) is 4.47. The van der Waals surface area contributed by atoms with Crippen LogP contribution in [0.25, 0.3) is 0 Å². The molecule has 0 saturated carbocycles.